The summed E-state index contributed by atoms with van der Waals surface area (Å²) in [5, 5.41) is 0.310. The second-order valence-corrected chi connectivity index (χ2v) is 11.6. The number of fused-ring (bicyclic) bond motifs is 1. The highest BCUT2D eigenvalue weighted by Gasteiger charge is 2.23. The van der Waals surface area contributed by atoms with Crippen molar-refractivity contribution in [2.75, 3.05) is 24.7 Å². The molecule has 0 aliphatic rings. The van der Waals surface area contributed by atoms with Crippen molar-refractivity contribution in [1.29, 1.82) is 0 Å². The van der Waals surface area contributed by atoms with Gasteiger partial charge in [-0.25, -0.2) is 13.3 Å². The number of rotatable bonds is 16. The van der Waals surface area contributed by atoms with E-state index in [0.29, 0.717) is 41.3 Å². The Bertz CT molecular complexity index is 1870. The highest BCUT2D eigenvalue weighted by Crippen LogP contribution is 2.27. The van der Waals surface area contributed by atoms with Crippen LogP contribution in [0.4, 0.5) is 14.5 Å². The molecule has 5 rings (SSSR count). The Kier molecular flexibility index (Phi) is 11.9. The van der Waals surface area contributed by atoms with Gasteiger partial charge in [-0.3, -0.25) is 9.59 Å². The monoisotopic (exact) mass is 654 g/mol. The molecule has 0 fully saturated rings. The fourth-order valence-electron chi connectivity index (χ4n) is 5.81. The lowest BCUT2D eigenvalue weighted by Gasteiger charge is -2.22. The molecule has 0 aliphatic carbocycles. The lowest BCUT2D eigenvalue weighted by Crippen LogP contribution is -2.35. The molecule has 0 radical (unpaired) electrons. The van der Waals surface area contributed by atoms with E-state index in [1.54, 1.807) is 29.7 Å². The predicted octanol–water partition coefficient (Wildman–Crippen LogP) is 8.04. The summed E-state index contributed by atoms with van der Waals surface area (Å²) in [6.07, 6.45) is 12.3. The summed E-state index contributed by atoms with van der Waals surface area (Å²) in [4.78, 5) is 28.9. The Labute approximate surface area is 280 Å². The second kappa shape index (κ2) is 16.7. The first-order valence-corrected chi connectivity index (χ1v) is 16.7. The smallest absolute Gasteiger partial charge is 0.263 e. The highest BCUT2D eigenvalue weighted by molar-refractivity contribution is 6.07. The first kappa shape index (κ1) is 34.3. The molecule has 1 amide bonds. The molecule has 2 heterocycles. The number of halogens is 2. The SMILES string of the molecule is CCOc1cccc(-n2cc(C(=O)N(CC)c3cc(F)cc(F)c3)c(=O)c3ccc(OCCCCCCCC[n+]4ccccc4)cc32)c1. The number of unbranched alkanes of at least 4 members (excludes halogenated alkanes) is 5. The number of aryl methyl sites for hydroxylation is 1. The molecule has 0 spiro atoms. The molecule has 2 aromatic heterocycles. The van der Waals surface area contributed by atoms with E-state index in [9.17, 15) is 18.4 Å². The predicted molar refractivity (Wildman–Crippen MR) is 184 cm³/mol. The van der Waals surface area contributed by atoms with E-state index in [4.69, 9.17) is 9.47 Å². The van der Waals surface area contributed by atoms with Gasteiger partial charge in [0.1, 0.15) is 35.2 Å². The van der Waals surface area contributed by atoms with Crippen molar-refractivity contribution in [3.63, 3.8) is 0 Å². The van der Waals surface area contributed by atoms with E-state index in [1.807, 2.05) is 49.4 Å². The van der Waals surface area contributed by atoms with Crippen LogP contribution in [0.1, 0.15) is 62.7 Å². The van der Waals surface area contributed by atoms with Crippen LogP contribution in [-0.2, 0) is 6.54 Å². The van der Waals surface area contributed by atoms with Crippen LogP contribution in [0.3, 0.4) is 0 Å². The summed E-state index contributed by atoms with van der Waals surface area (Å²) >= 11 is 0. The van der Waals surface area contributed by atoms with Crippen LogP contribution in [-0.4, -0.2) is 30.2 Å². The van der Waals surface area contributed by atoms with E-state index < -0.39 is 23.0 Å². The number of ether oxygens (including phenoxy) is 2. The van der Waals surface area contributed by atoms with Crippen LogP contribution in [0.15, 0.2) is 102 Å². The van der Waals surface area contributed by atoms with E-state index in [-0.39, 0.29) is 17.8 Å². The molecule has 0 atom stereocenters. The van der Waals surface area contributed by atoms with Crippen molar-refractivity contribution < 1.29 is 27.6 Å². The molecule has 48 heavy (non-hydrogen) atoms. The van der Waals surface area contributed by atoms with Gasteiger partial charge in [0.05, 0.1) is 18.7 Å². The number of benzene rings is 3. The maximum atomic E-state index is 14.1. The molecule has 3 aromatic carbocycles. The van der Waals surface area contributed by atoms with Gasteiger partial charge in [-0.2, -0.15) is 0 Å². The molecule has 0 bridgehead atoms. The minimum absolute atomic E-state index is 0.0272. The minimum atomic E-state index is -0.814. The van der Waals surface area contributed by atoms with Crippen LogP contribution < -0.4 is 24.4 Å². The van der Waals surface area contributed by atoms with Gasteiger partial charge in [-0.05, 0) is 63.1 Å². The molecule has 250 valence electrons. The van der Waals surface area contributed by atoms with Crippen LogP contribution in [0.5, 0.6) is 11.5 Å². The first-order valence-electron chi connectivity index (χ1n) is 16.7. The lowest BCUT2D eigenvalue weighted by atomic mass is 10.1. The number of hydrogen-bond acceptors (Lipinski definition) is 4. The van der Waals surface area contributed by atoms with Gasteiger partial charge >= 0.3 is 0 Å². The third kappa shape index (κ3) is 8.64. The van der Waals surface area contributed by atoms with Crippen molar-refractivity contribution >= 4 is 22.5 Å². The summed E-state index contributed by atoms with van der Waals surface area (Å²) in [5.41, 5.74) is 0.632. The Hall–Kier alpha value is -5.05. The summed E-state index contributed by atoms with van der Waals surface area (Å²) < 4.78 is 44.0. The van der Waals surface area contributed by atoms with Crippen LogP contribution in [0, 0.1) is 11.6 Å². The summed E-state index contributed by atoms with van der Waals surface area (Å²) in [6, 6.07) is 21.6. The van der Waals surface area contributed by atoms with Crippen molar-refractivity contribution in [3.8, 4) is 17.2 Å². The number of aromatic nitrogens is 2. The van der Waals surface area contributed by atoms with Gasteiger partial charge < -0.3 is 18.9 Å². The molecule has 0 aliphatic heterocycles. The lowest BCUT2D eigenvalue weighted by molar-refractivity contribution is -0.697. The van der Waals surface area contributed by atoms with E-state index in [2.05, 4.69) is 17.0 Å². The van der Waals surface area contributed by atoms with Gasteiger partial charge in [0.25, 0.3) is 5.91 Å². The van der Waals surface area contributed by atoms with Gasteiger partial charge in [0.15, 0.2) is 12.4 Å². The fourth-order valence-corrected chi connectivity index (χ4v) is 5.81. The molecule has 7 nitrogen and oxygen atoms in total. The number of nitrogens with zero attached hydrogens (tertiary/aromatic N) is 3. The maximum absolute atomic E-state index is 14.1. The standard InChI is InChI=1S/C39H42F2N3O4/c1-3-43(32-24-29(40)23-30(41)25-32)39(46)36-28-44(31-15-14-16-33(26-31)47-4-2)37-27-34(17-18-35(37)38(36)45)48-22-13-8-6-5-7-10-19-42-20-11-9-12-21-42/h9,11-12,14-18,20-21,23-28H,3-8,10,13,19,22H2,1-2H3/q+1. The van der Waals surface area contributed by atoms with Gasteiger partial charge in [0.2, 0.25) is 5.43 Å². The number of hydrogen-bond donors (Lipinski definition) is 0. The summed E-state index contributed by atoms with van der Waals surface area (Å²) in [6.45, 7) is 5.72. The Morgan fingerprint density at radius 1 is 0.792 bits per heavy atom. The van der Waals surface area contributed by atoms with E-state index in [0.717, 1.165) is 50.4 Å². The average Bonchev–Trinajstić information content (AvgIpc) is 3.08. The zero-order chi connectivity index (χ0) is 33.9. The molecular weight excluding hydrogens is 612 g/mol. The average molecular weight is 655 g/mol. The fraction of sp³-hybridized carbons (Fsp3) is 0.308. The zero-order valence-corrected chi connectivity index (χ0v) is 27.5. The van der Waals surface area contributed by atoms with Crippen LogP contribution in [0.25, 0.3) is 16.6 Å². The minimum Gasteiger partial charge on any atom is -0.494 e. The molecule has 0 saturated heterocycles. The third-order valence-electron chi connectivity index (χ3n) is 8.19. The molecule has 0 N–H and O–H groups in total. The Balaban J connectivity index is 1.34. The summed E-state index contributed by atoms with van der Waals surface area (Å²) in [5.74, 6) is -1.05. The quantitative estimate of drug-likeness (QED) is 0.0798. The van der Waals surface area contributed by atoms with Gasteiger partial charge in [-0.1, -0.05) is 31.4 Å². The molecule has 5 aromatic rings. The maximum Gasteiger partial charge on any atom is 0.263 e. The summed E-state index contributed by atoms with van der Waals surface area (Å²) in [7, 11) is 0. The van der Waals surface area contributed by atoms with Crippen molar-refractivity contribution in [3.05, 3.63) is 125 Å². The highest BCUT2D eigenvalue weighted by atomic mass is 19.1. The zero-order valence-electron chi connectivity index (χ0n) is 27.5. The molecule has 9 heteroatoms. The number of pyridine rings is 2. The number of anilines is 1. The normalized spacial score (nSPS) is 11.1. The number of amides is 1. The number of carbonyl (C=O) groups is 1. The Morgan fingerprint density at radius 3 is 2.23 bits per heavy atom. The van der Waals surface area contributed by atoms with Crippen molar-refractivity contribution in [2.45, 2.75) is 58.9 Å². The van der Waals surface area contributed by atoms with Crippen LogP contribution in [0.2, 0.25) is 0 Å². The second-order valence-electron chi connectivity index (χ2n) is 11.6. The largest absolute Gasteiger partial charge is 0.494 e. The van der Waals surface area contributed by atoms with Crippen molar-refractivity contribution in [2.24, 2.45) is 0 Å². The van der Waals surface area contributed by atoms with Gasteiger partial charge in [0, 0.05) is 66.3 Å². The first-order chi connectivity index (χ1) is 23.4. The van der Waals surface area contributed by atoms with E-state index in [1.165, 1.54) is 23.9 Å². The Morgan fingerprint density at radius 2 is 1.50 bits per heavy atom. The third-order valence-corrected chi connectivity index (χ3v) is 8.19. The number of carbonyl (C=O) groups excluding carboxylic acids is 1. The van der Waals surface area contributed by atoms with Gasteiger partial charge in [-0.15, -0.1) is 0 Å². The molecular formula is C39H42F2N3O4+. The molecule has 0 saturated carbocycles. The molecule has 0 unspecified atom stereocenters. The topological polar surface area (TPSA) is 64.6 Å². The van der Waals surface area contributed by atoms with Crippen molar-refractivity contribution in [1.82, 2.24) is 4.57 Å². The van der Waals surface area contributed by atoms with Crippen LogP contribution >= 0.6 is 0 Å². The van der Waals surface area contributed by atoms with E-state index >= 15 is 0 Å².